The van der Waals surface area contributed by atoms with Gasteiger partial charge in [-0.1, -0.05) is 30.3 Å². The van der Waals surface area contributed by atoms with Gasteiger partial charge in [0.15, 0.2) is 17.5 Å². The Hall–Kier alpha value is -2.81. The van der Waals surface area contributed by atoms with Crippen molar-refractivity contribution in [3.8, 4) is 11.5 Å². The van der Waals surface area contributed by atoms with E-state index in [9.17, 15) is 0 Å². The average molecular weight is 544 g/mol. The first kappa shape index (κ1) is 23.8. The summed E-state index contributed by atoms with van der Waals surface area (Å²) < 4.78 is 11.6. The minimum atomic E-state index is 0. The molecule has 1 aliphatic heterocycles. The van der Waals surface area contributed by atoms with Crippen molar-refractivity contribution in [3.63, 3.8) is 0 Å². The summed E-state index contributed by atoms with van der Waals surface area (Å²) in [7, 11) is 0. The summed E-state index contributed by atoms with van der Waals surface area (Å²) in [5.74, 6) is 2.27. The van der Waals surface area contributed by atoms with E-state index in [-0.39, 0.29) is 24.0 Å². The molecular weight excluding hydrogens is 515 g/mol. The van der Waals surface area contributed by atoms with Crippen LogP contribution in [0.15, 0.2) is 72.0 Å². The molecule has 2 aromatic carbocycles. The van der Waals surface area contributed by atoms with E-state index >= 15 is 0 Å². The Morgan fingerprint density at radius 1 is 1.03 bits per heavy atom. The van der Waals surface area contributed by atoms with Crippen LogP contribution >= 0.6 is 24.0 Å². The van der Waals surface area contributed by atoms with Gasteiger partial charge in [-0.05, 0) is 48.2 Å². The quantitative estimate of drug-likeness (QED) is 0.261. The van der Waals surface area contributed by atoms with E-state index < -0.39 is 0 Å². The monoisotopic (exact) mass is 544 g/mol. The number of ether oxygens (including phenoxy) is 2. The van der Waals surface area contributed by atoms with Gasteiger partial charge >= 0.3 is 0 Å². The summed E-state index contributed by atoms with van der Waals surface area (Å²) in [6.45, 7) is 4.79. The zero-order chi connectivity index (χ0) is 21.3. The first-order valence-electron chi connectivity index (χ1n) is 10.7. The van der Waals surface area contributed by atoms with E-state index in [4.69, 9.17) is 14.5 Å². The highest BCUT2D eigenvalue weighted by atomic mass is 127. The van der Waals surface area contributed by atoms with Crippen LogP contribution in [0, 0.1) is 6.92 Å². The summed E-state index contributed by atoms with van der Waals surface area (Å²) in [5.41, 5.74) is 4.52. The average Bonchev–Trinajstić information content (AvgIpc) is 3.04. The maximum atomic E-state index is 5.82. The van der Waals surface area contributed by atoms with E-state index in [2.05, 4.69) is 40.7 Å². The molecule has 3 aromatic rings. The van der Waals surface area contributed by atoms with Crippen molar-refractivity contribution >= 4 is 35.6 Å². The summed E-state index contributed by atoms with van der Waals surface area (Å²) in [6.07, 6.45) is 5.43. The molecule has 0 saturated heterocycles. The van der Waals surface area contributed by atoms with E-state index in [0.29, 0.717) is 19.8 Å². The number of nitrogens with zero attached hydrogens (tertiary/aromatic N) is 2. The second-order valence-electron chi connectivity index (χ2n) is 7.47. The smallest absolute Gasteiger partial charge is 0.196 e. The van der Waals surface area contributed by atoms with Crippen LogP contribution in [0.5, 0.6) is 11.5 Å². The molecule has 32 heavy (non-hydrogen) atoms. The predicted octanol–water partition coefficient (Wildman–Crippen LogP) is 4.97. The third kappa shape index (κ3) is 6.85. The number of aromatic nitrogens is 1. The fraction of sp³-hybridized carbons (Fsp3) is 0.280. The van der Waals surface area contributed by atoms with Gasteiger partial charge in [-0.15, -0.1) is 24.0 Å². The lowest BCUT2D eigenvalue weighted by molar-refractivity contribution is 0.297. The molecule has 0 amide bonds. The Morgan fingerprint density at radius 3 is 2.69 bits per heavy atom. The van der Waals surface area contributed by atoms with E-state index in [1.807, 2.05) is 42.6 Å². The number of rotatable bonds is 6. The second kappa shape index (κ2) is 12.3. The highest BCUT2D eigenvalue weighted by Crippen LogP contribution is 2.32. The van der Waals surface area contributed by atoms with Crippen LogP contribution in [0.4, 0.5) is 5.69 Å². The number of aliphatic imine (C=N–C) groups is 1. The Kier molecular flexibility index (Phi) is 9.15. The molecule has 168 valence electrons. The number of halogens is 1. The molecule has 0 saturated carbocycles. The molecule has 0 unspecified atom stereocenters. The van der Waals surface area contributed by atoms with Crippen LogP contribution in [-0.2, 0) is 13.0 Å². The number of hydrogen-bond donors (Lipinski definition) is 2. The highest BCUT2D eigenvalue weighted by molar-refractivity contribution is 14.0. The lowest BCUT2D eigenvalue weighted by atomic mass is 10.1. The van der Waals surface area contributed by atoms with Crippen LogP contribution in [0.1, 0.15) is 23.1 Å². The molecule has 2 heterocycles. The van der Waals surface area contributed by atoms with Crippen molar-refractivity contribution in [2.45, 2.75) is 26.3 Å². The number of anilines is 1. The van der Waals surface area contributed by atoms with Crippen molar-refractivity contribution in [2.24, 2.45) is 4.99 Å². The Morgan fingerprint density at radius 2 is 1.88 bits per heavy atom. The van der Waals surface area contributed by atoms with Crippen molar-refractivity contribution in [2.75, 3.05) is 25.1 Å². The van der Waals surface area contributed by atoms with Gasteiger partial charge in [0.1, 0.15) is 0 Å². The van der Waals surface area contributed by atoms with Gasteiger partial charge in [0.25, 0.3) is 0 Å². The minimum absolute atomic E-state index is 0. The molecule has 0 atom stereocenters. The van der Waals surface area contributed by atoms with Gasteiger partial charge in [0, 0.05) is 37.1 Å². The number of benzene rings is 2. The molecule has 6 nitrogen and oxygen atoms in total. The fourth-order valence-electron chi connectivity index (χ4n) is 3.34. The van der Waals surface area contributed by atoms with Crippen LogP contribution in [0.3, 0.4) is 0 Å². The van der Waals surface area contributed by atoms with Crippen molar-refractivity contribution in [3.05, 3.63) is 83.7 Å². The van der Waals surface area contributed by atoms with Crippen LogP contribution in [-0.4, -0.2) is 30.7 Å². The standard InChI is InChI=1S/C25H28N4O2.HI/c1-19-6-2-3-8-21(19)18-28-25(27-13-11-20-7-4-12-26-17-20)29-22-9-10-23-24(16-22)31-15-5-14-30-23;/h2-4,6-10,12,16-17H,5,11,13-15,18H2,1H3,(H2,27,28,29);1H. The molecule has 2 N–H and O–H groups in total. The number of hydrogen-bond acceptors (Lipinski definition) is 4. The van der Waals surface area contributed by atoms with Crippen LogP contribution in [0.25, 0.3) is 0 Å². The Balaban J connectivity index is 0.00000289. The zero-order valence-electron chi connectivity index (χ0n) is 18.2. The summed E-state index contributed by atoms with van der Waals surface area (Å²) >= 11 is 0. The van der Waals surface area contributed by atoms with Crippen molar-refractivity contribution < 1.29 is 9.47 Å². The third-order valence-electron chi connectivity index (χ3n) is 5.11. The van der Waals surface area contributed by atoms with Gasteiger partial charge in [0.05, 0.1) is 19.8 Å². The molecule has 1 aromatic heterocycles. The molecule has 0 fully saturated rings. The lowest BCUT2D eigenvalue weighted by Crippen LogP contribution is -2.32. The maximum absolute atomic E-state index is 5.82. The minimum Gasteiger partial charge on any atom is -0.490 e. The summed E-state index contributed by atoms with van der Waals surface area (Å²) in [4.78, 5) is 9.00. The summed E-state index contributed by atoms with van der Waals surface area (Å²) in [6, 6.07) is 18.2. The Bertz CT molecular complexity index is 1030. The number of nitrogens with one attached hydrogen (secondary N) is 2. The number of fused-ring (bicyclic) bond motifs is 1. The molecule has 0 radical (unpaired) electrons. The van der Waals surface area contributed by atoms with E-state index in [1.165, 1.54) is 16.7 Å². The second-order valence-corrected chi connectivity index (χ2v) is 7.47. The fourth-order valence-corrected chi connectivity index (χ4v) is 3.34. The topological polar surface area (TPSA) is 67.8 Å². The SMILES string of the molecule is Cc1ccccc1CN=C(NCCc1cccnc1)Nc1ccc2c(c1)OCCCO2.I. The van der Waals surface area contributed by atoms with Crippen LogP contribution < -0.4 is 20.1 Å². The first-order valence-corrected chi connectivity index (χ1v) is 10.7. The summed E-state index contributed by atoms with van der Waals surface area (Å²) in [5, 5.41) is 6.85. The van der Waals surface area contributed by atoms with Gasteiger partial charge in [-0.25, -0.2) is 4.99 Å². The van der Waals surface area contributed by atoms with E-state index in [1.54, 1.807) is 6.20 Å². The Labute approximate surface area is 206 Å². The van der Waals surface area contributed by atoms with Gasteiger partial charge < -0.3 is 20.1 Å². The third-order valence-corrected chi connectivity index (χ3v) is 5.11. The predicted molar refractivity (Wildman–Crippen MR) is 139 cm³/mol. The van der Waals surface area contributed by atoms with Crippen molar-refractivity contribution in [1.82, 2.24) is 10.3 Å². The van der Waals surface area contributed by atoms with Crippen molar-refractivity contribution in [1.29, 1.82) is 0 Å². The molecule has 0 spiro atoms. The number of pyridine rings is 1. The van der Waals surface area contributed by atoms with Gasteiger partial charge in [-0.3, -0.25) is 4.98 Å². The molecule has 0 aliphatic carbocycles. The number of guanidine groups is 1. The molecule has 0 bridgehead atoms. The maximum Gasteiger partial charge on any atom is 0.196 e. The van der Waals surface area contributed by atoms with Crippen LogP contribution in [0.2, 0.25) is 0 Å². The van der Waals surface area contributed by atoms with E-state index in [0.717, 1.165) is 42.5 Å². The van der Waals surface area contributed by atoms with Gasteiger partial charge in [0.2, 0.25) is 0 Å². The molecule has 7 heteroatoms. The normalized spacial score (nSPS) is 13.0. The number of aryl methyl sites for hydroxylation is 1. The highest BCUT2D eigenvalue weighted by Gasteiger charge is 2.11. The largest absolute Gasteiger partial charge is 0.490 e. The lowest BCUT2D eigenvalue weighted by Gasteiger charge is -2.15. The molecule has 1 aliphatic rings. The first-order chi connectivity index (χ1) is 15.3. The molecule has 4 rings (SSSR count). The van der Waals surface area contributed by atoms with Gasteiger partial charge in [-0.2, -0.15) is 0 Å². The zero-order valence-corrected chi connectivity index (χ0v) is 20.5. The molecular formula is C25H29IN4O2.